The van der Waals surface area contributed by atoms with Gasteiger partial charge in [-0.1, -0.05) is 24.6 Å². The fourth-order valence-corrected chi connectivity index (χ4v) is 5.86. The van der Waals surface area contributed by atoms with Crippen LogP contribution in [-0.2, 0) is 7.05 Å². The molecule has 5 rings (SSSR count). The Kier molecular flexibility index (Phi) is 7.15. The van der Waals surface area contributed by atoms with E-state index >= 15 is 0 Å². The van der Waals surface area contributed by atoms with Crippen molar-refractivity contribution in [2.45, 2.75) is 37.8 Å². The van der Waals surface area contributed by atoms with Crippen LogP contribution in [0, 0.1) is 11.8 Å². The standard InChI is InChI=1S/C22H30N4O.2ClH/c1-25-14-18(17-6-2-3-8-20(17)25)22(27)24-13-21-16-10-15(11-23-12-16)19-7-4-5-9-26(19)21;;/h2-3,6,8,14-16,19,21,23H,4-5,7,9-13H2,1H3,(H,24,27);2*1H/t15-,16+,19+,21+;;/m1../s1. The van der Waals surface area contributed by atoms with Crippen LogP contribution in [-0.4, -0.2) is 53.6 Å². The normalized spacial score (nSPS) is 28.7. The number of hydrogen-bond acceptors (Lipinski definition) is 3. The van der Waals surface area contributed by atoms with Crippen LogP contribution in [0.2, 0.25) is 0 Å². The Hall–Kier alpha value is -1.27. The van der Waals surface area contributed by atoms with Gasteiger partial charge in [-0.15, -0.1) is 24.8 Å². The van der Waals surface area contributed by atoms with Gasteiger partial charge in [0.2, 0.25) is 0 Å². The topological polar surface area (TPSA) is 49.3 Å². The zero-order valence-electron chi connectivity index (χ0n) is 17.0. The lowest BCUT2D eigenvalue weighted by molar-refractivity contribution is -0.0371. The molecule has 3 fully saturated rings. The summed E-state index contributed by atoms with van der Waals surface area (Å²) in [4.78, 5) is 15.7. The van der Waals surface area contributed by atoms with Gasteiger partial charge in [0.25, 0.3) is 5.91 Å². The number of para-hydroxylation sites is 1. The summed E-state index contributed by atoms with van der Waals surface area (Å²) in [7, 11) is 2.01. The molecular weight excluding hydrogens is 407 g/mol. The number of aryl methyl sites for hydroxylation is 1. The second-order valence-electron chi connectivity index (χ2n) is 8.66. The van der Waals surface area contributed by atoms with Crippen molar-refractivity contribution in [3.8, 4) is 0 Å². The number of amides is 1. The average Bonchev–Trinajstić information content (AvgIpc) is 3.05. The molecule has 0 saturated carbocycles. The van der Waals surface area contributed by atoms with E-state index in [4.69, 9.17) is 0 Å². The van der Waals surface area contributed by atoms with Gasteiger partial charge >= 0.3 is 0 Å². The van der Waals surface area contributed by atoms with Gasteiger partial charge in [-0.2, -0.15) is 0 Å². The summed E-state index contributed by atoms with van der Waals surface area (Å²) in [5.41, 5.74) is 1.90. The van der Waals surface area contributed by atoms with E-state index in [9.17, 15) is 4.79 Å². The molecule has 3 aliphatic rings. The van der Waals surface area contributed by atoms with Crippen LogP contribution in [0.25, 0.3) is 10.9 Å². The fourth-order valence-electron chi connectivity index (χ4n) is 5.86. The molecule has 1 aromatic carbocycles. The summed E-state index contributed by atoms with van der Waals surface area (Å²) in [6.07, 6.45) is 7.27. The van der Waals surface area contributed by atoms with Crippen LogP contribution in [0.5, 0.6) is 0 Å². The van der Waals surface area contributed by atoms with E-state index in [-0.39, 0.29) is 30.7 Å². The zero-order valence-corrected chi connectivity index (χ0v) is 18.6. The van der Waals surface area contributed by atoms with Gasteiger partial charge in [-0.3, -0.25) is 9.69 Å². The molecule has 0 aliphatic carbocycles. The summed E-state index contributed by atoms with van der Waals surface area (Å²) >= 11 is 0. The molecule has 5 nitrogen and oxygen atoms in total. The highest BCUT2D eigenvalue weighted by Gasteiger charge is 2.45. The van der Waals surface area contributed by atoms with Crippen molar-refractivity contribution in [3.63, 3.8) is 0 Å². The zero-order chi connectivity index (χ0) is 18.4. The first-order valence-electron chi connectivity index (χ1n) is 10.5. The summed E-state index contributed by atoms with van der Waals surface area (Å²) in [5, 5.41) is 7.98. The van der Waals surface area contributed by atoms with E-state index in [1.165, 1.54) is 38.8 Å². The minimum Gasteiger partial charge on any atom is -0.350 e. The predicted molar refractivity (Wildman–Crippen MR) is 122 cm³/mol. The molecule has 160 valence electrons. The molecule has 0 radical (unpaired) electrons. The number of aromatic nitrogens is 1. The number of piperidine rings is 3. The SMILES string of the molecule is Cl.Cl.Cn1cc(C(=O)NC[C@H]2[C@@H]3CNC[C@@H](C3)[C@@H]3CCCCN32)c2ccccc21. The van der Waals surface area contributed by atoms with Crippen LogP contribution >= 0.6 is 24.8 Å². The van der Waals surface area contributed by atoms with Gasteiger partial charge in [0.15, 0.2) is 0 Å². The molecule has 0 spiro atoms. The van der Waals surface area contributed by atoms with Gasteiger partial charge in [0.1, 0.15) is 0 Å². The van der Waals surface area contributed by atoms with Gasteiger partial charge in [0, 0.05) is 42.8 Å². The average molecular weight is 439 g/mol. The second kappa shape index (κ2) is 9.25. The number of fused-ring (bicyclic) bond motifs is 5. The van der Waals surface area contributed by atoms with E-state index in [1.54, 1.807) is 0 Å². The third kappa shape index (κ3) is 4.02. The Labute approximate surface area is 185 Å². The first kappa shape index (κ1) is 22.4. The lowest BCUT2D eigenvalue weighted by Crippen LogP contribution is -2.65. The number of nitrogens with one attached hydrogen (secondary N) is 2. The molecule has 0 unspecified atom stereocenters. The molecule has 1 aromatic heterocycles. The van der Waals surface area contributed by atoms with Crippen molar-refractivity contribution in [3.05, 3.63) is 36.0 Å². The number of benzene rings is 1. The maximum absolute atomic E-state index is 13.0. The van der Waals surface area contributed by atoms with E-state index in [1.807, 2.05) is 36.0 Å². The molecule has 3 saturated heterocycles. The lowest BCUT2D eigenvalue weighted by Gasteiger charge is -2.55. The van der Waals surface area contributed by atoms with Gasteiger partial charge < -0.3 is 15.2 Å². The van der Waals surface area contributed by atoms with Crippen molar-refractivity contribution in [1.82, 2.24) is 20.1 Å². The smallest absolute Gasteiger partial charge is 0.253 e. The summed E-state index contributed by atoms with van der Waals surface area (Å²) in [6.45, 7) is 4.23. The van der Waals surface area contributed by atoms with Crippen LogP contribution in [0.3, 0.4) is 0 Å². The Morgan fingerprint density at radius 1 is 1.17 bits per heavy atom. The molecule has 4 heterocycles. The highest BCUT2D eigenvalue weighted by atomic mass is 35.5. The largest absolute Gasteiger partial charge is 0.350 e. The van der Waals surface area contributed by atoms with Gasteiger partial charge in [-0.25, -0.2) is 0 Å². The number of rotatable bonds is 3. The molecule has 7 heteroatoms. The van der Waals surface area contributed by atoms with Crippen molar-refractivity contribution in [2.75, 3.05) is 26.2 Å². The van der Waals surface area contributed by atoms with Gasteiger partial charge in [-0.05, 0) is 56.8 Å². The highest BCUT2D eigenvalue weighted by Crippen LogP contribution is 2.38. The molecule has 3 aliphatic heterocycles. The maximum atomic E-state index is 13.0. The van der Waals surface area contributed by atoms with Crippen LogP contribution in [0.15, 0.2) is 30.5 Å². The second-order valence-corrected chi connectivity index (χ2v) is 8.66. The monoisotopic (exact) mass is 438 g/mol. The number of carbonyl (C=O) groups is 1. The Morgan fingerprint density at radius 2 is 1.97 bits per heavy atom. The van der Waals surface area contributed by atoms with Crippen LogP contribution in [0.4, 0.5) is 0 Å². The highest BCUT2D eigenvalue weighted by molar-refractivity contribution is 6.06. The van der Waals surface area contributed by atoms with Crippen molar-refractivity contribution < 1.29 is 4.79 Å². The third-order valence-electron chi connectivity index (χ3n) is 7.14. The van der Waals surface area contributed by atoms with Crippen LogP contribution < -0.4 is 10.6 Å². The van der Waals surface area contributed by atoms with E-state index in [0.717, 1.165) is 35.5 Å². The first-order chi connectivity index (χ1) is 13.2. The van der Waals surface area contributed by atoms with Crippen LogP contribution in [0.1, 0.15) is 36.0 Å². The fraction of sp³-hybridized carbons (Fsp3) is 0.591. The molecule has 2 bridgehead atoms. The van der Waals surface area contributed by atoms with Gasteiger partial charge in [0.05, 0.1) is 5.56 Å². The van der Waals surface area contributed by atoms with Crippen molar-refractivity contribution in [1.29, 1.82) is 0 Å². The van der Waals surface area contributed by atoms with Crippen molar-refractivity contribution >= 4 is 41.6 Å². The third-order valence-corrected chi connectivity index (χ3v) is 7.14. The predicted octanol–water partition coefficient (Wildman–Crippen LogP) is 3.21. The lowest BCUT2D eigenvalue weighted by atomic mass is 9.73. The Bertz CT molecular complexity index is 854. The number of halogens is 2. The Balaban J connectivity index is 0.00000120. The Morgan fingerprint density at radius 3 is 2.83 bits per heavy atom. The molecule has 4 atom stereocenters. The summed E-state index contributed by atoms with van der Waals surface area (Å²) < 4.78 is 2.04. The molecule has 2 aromatic rings. The molecule has 1 amide bonds. The van der Waals surface area contributed by atoms with E-state index < -0.39 is 0 Å². The number of nitrogens with zero attached hydrogens (tertiary/aromatic N) is 2. The summed E-state index contributed by atoms with van der Waals surface area (Å²) in [5.74, 6) is 1.52. The van der Waals surface area contributed by atoms with Crippen molar-refractivity contribution in [2.24, 2.45) is 18.9 Å². The molecular formula is C22H32Cl2N4O. The molecule has 29 heavy (non-hydrogen) atoms. The molecule has 2 N–H and O–H groups in total. The quantitative estimate of drug-likeness (QED) is 0.773. The number of carbonyl (C=O) groups excluding carboxylic acids is 1. The van der Waals surface area contributed by atoms with E-state index in [0.29, 0.717) is 18.0 Å². The summed E-state index contributed by atoms with van der Waals surface area (Å²) in [6, 6.07) is 9.32. The van der Waals surface area contributed by atoms with E-state index in [2.05, 4.69) is 21.6 Å². The minimum atomic E-state index is 0. The number of hydrogen-bond donors (Lipinski definition) is 2. The maximum Gasteiger partial charge on any atom is 0.253 e. The minimum absolute atomic E-state index is 0. The first-order valence-corrected chi connectivity index (χ1v) is 10.5.